The first kappa shape index (κ1) is 14.8. The maximum atomic E-state index is 11.4. The molecule has 3 N–H and O–H groups in total. The smallest absolute Gasteiger partial charge is 0.340 e. The number of aromatic nitrogens is 1. The van der Waals surface area contributed by atoms with Gasteiger partial charge in [0.25, 0.3) is 0 Å². The molecule has 0 saturated heterocycles. The van der Waals surface area contributed by atoms with Crippen molar-refractivity contribution in [3.8, 4) is 5.75 Å². The number of aryl methyl sites for hydroxylation is 1. The highest BCUT2D eigenvalue weighted by Crippen LogP contribution is 2.33. The molecule has 0 saturated carbocycles. The van der Waals surface area contributed by atoms with E-state index < -0.39 is 17.7 Å². The summed E-state index contributed by atoms with van der Waals surface area (Å²) in [5.74, 6) is -2.93. The van der Waals surface area contributed by atoms with Gasteiger partial charge in [0.05, 0.1) is 16.8 Å². The molecule has 6 nitrogen and oxygen atoms in total. The lowest BCUT2D eigenvalue weighted by Crippen LogP contribution is -2.07. The van der Waals surface area contributed by atoms with Gasteiger partial charge in [-0.25, -0.2) is 14.6 Å². The number of pyridine rings is 1. The summed E-state index contributed by atoms with van der Waals surface area (Å²) in [6.45, 7) is 5.17. The van der Waals surface area contributed by atoms with Crippen LogP contribution in [0.3, 0.4) is 0 Å². The quantitative estimate of drug-likeness (QED) is 0.801. The molecule has 0 bridgehead atoms. The molecule has 0 unspecified atom stereocenters. The van der Waals surface area contributed by atoms with Crippen LogP contribution in [-0.2, 0) is 0 Å². The summed E-state index contributed by atoms with van der Waals surface area (Å²) < 4.78 is 0. The minimum absolute atomic E-state index is 0.0117. The SMILES string of the molecule is Cc1nc2c(C(=O)O)cc(C(C)C)cc2c(C(=O)O)c1O. The van der Waals surface area contributed by atoms with Crippen LogP contribution in [-0.4, -0.2) is 32.2 Å². The summed E-state index contributed by atoms with van der Waals surface area (Å²) in [4.78, 5) is 26.9. The Hall–Kier alpha value is -2.63. The third-order valence-corrected chi connectivity index (χ3v) is 3.37. The van der Waals surface area contributed by atoms with Gasteiger partial charge >= 0.3 is 11.9 Å². The highest BCUT2D eigenvalue weighted by Gasteiger charge is 2.22. The summed E-state index contributed by atoms with van der Waals surface area (Å²) in [5.41, 5.74) is 0.441. The summed E-state index contributed by atoms with van der Waals surface area (Å²) >= 11 is 0. The molecule has 1 aromatic heterocycles. The van der Waals surface area contributed by atoms with E-state index in [0.29, 0.717) is 5.56 Å². The van der Waals surface area contributed by atoms with Gasteiger partial charge in [0.1, 0.15) is 5.56 Å². The van der Waals surface area contributed by atoms with Crippen molar-refractivity contribution < 1.29 is 24.9 Å². The number of aromatic carboxylic acids is 2. The molecule has 6 heteroatoms. The van der Waals surface area contributed by atoms with Gasteiger partial charge in [-0.3, -0.25) is 0 Å². The van der Waals surface area contributed by atoms with Crippen LogP contribution < -0.4 is 0 Å². The van der Waals surface area contributed by atoms with E-state index in [-0.39, 0.29) is 33.6 Å². The Bertz CT molecular complexity index is 764. The van der Waals surface area contributed by atoms with Crippen molar-refractivity contribution in [2.75, 3.05) is 0 Å². The number of hydrogen-bond donors (Lipinski definition) is 3. The molecule has 0 aliphatic carbocycles. The molecular formula is C15H15NO5. The number of rotatable bonds is 3. The van der Waals surface area contributed by atoms with E-state index in [4.69, 9.17) is 0 Å². The van der Waals surface area contributed by atoms with Crippen molar-refractivity contribution in [3.05, 3.63) is 34.5 Å². The lowest BCUT2D eigenvalue weighted by atomic mass is 9.94. The summed E-state index contributed by atoms with van der Waals surface area (Å²) in [5, 5.41) is 28.7. The van der Waals surface area contributed by atoms with Crippen molar-refractivity contribution in [2.24, 2.45) is 0 Å². The minimum atomic E-state index is -1.32. The number of aromatic hydroxyl groups is 1. The predicted molar refractivity (Wildman–Crippen MR) is 76.2 cm³/mol. The first-order valence-corrected chi connectivity index (χ1v) is 6.37. The van der Waals surface area contributed by atoms with Crippen LogP contribution in [0.15, 0.2) is 12.1 Å². The van der Waals surface area contributed by atoms with Crippen molar-refractivity contribution >= 4 is 22.8 Å². The van der Waals surface area contributed by atoms with Gasteiger partial charge < -0.3 is 15.3 Å². The number of carboxylic acids is 2. The van der Waals surface area contributed by atoms with Gasteiger partial charge in [0.15, 0.2) is 5.75 Å². The summed E-state index contributed by atoms with van der Waals surface area (Å²) in [6, 6.07) is 3.06. The topological polar surface area (TPSA) is 108 Å². The zero-order valence-electron chi connectivity index (χ0n) is 11.8. The summed E-state index contributed by atoms with van der Waals surface area (Å²) in [7, 11) is 0. The van der Waals surface area contributed by atoms with E-state index >= 15 is 0 Å². The maximum Gasteiger partial charge on any atom is 0.340 e. The monoisotopic (exact) mass is 289 g/mol. The van der Waals surface area contributed by atoms with E-state index in [1.165, 1.54) is 13.0 Å². The van der Waals surface area contributed by atoms with Crippen LogP contribution in [0, 0.1) is 6.92 Å². The largest absolute Gasteiger partial charge is 0.505 e. The second kappa shape index (κ2) is 5.05. The third kappa shape index (κ3) is 2.40. The van der Waals surface area contributed by atoms with Gasteiger partial charge in [-0.1, -0.05) is 13.8 Å². The molecule has 2 rings (SSSR count). The molecule has 0 spiro atoms. The lowest BCUT2D eigenvalue weighted by molar-refractivity contribution is 0.0684. The third-order valence-electron chi connectivity index (χ3n) is 3.37. The van der Waals surface area contributed by atoms with Crippen LogP contribution in [0.2, 0.25) is 0 Å². The van der Waals surface area contributed by atoms with E-state index in [1.807, 2.05) is 13.8 Å². The zero-order chi connectivity index (χ0) is 15.9. The zero-order valence-corrected chi connectivity index (χ0v) is 11.8. The number of nitrogens with zero attached hydrogens (tertiary/aromatic N) is 1. The number of benzene rings is 1. The maximum absolute atomic E-state index is 11.4. The minimum Gasteiger partial charge on any atom is -0.505 e. The van der Waals surface area contributed by atoms with E-state index in [2.05, 4.69) is 4.98 Å². The number of carboxylic acid groups (broad SMARTS) is 2. The fourth-order valence-corrected chi connectivity index (χ4v) is 2.21. The van der Waals surface area contributed by atoms with Gasteiger partial charge in [-0.2, -0.15) is 0 Å². The Morgan fingerprint density at radius 3 is 2.24 bits per heavy atom. The van der Waals surface area contributed by atoms with Gasteiger partial charge in [0, 0.05) is 5.39 Å². The molecule has 21 heavy (non-hydrogen) atoms. The Labute approximate surface area is 120 Å². The van der Waals surface area contributed by atoms with Crippen molar-refractivity contribution in [3.63, 3.8) is 0 Å². The average molecular weight is 289 g/mol. The second-order valence-corrected chi connectivity index (χ2v) is 5.15. The molecule has 0 aliphatic rings. The Morgan fingerprint density at radius 1 is 1.14 bits per heavy atom. The van der Waals surface area contributed by atoms with Gasteiger partial charge in [-0.05, 0) is 30.5 Å². The van der Waals surface area contributed by atoms with Gasteiger partial charge in [0.2, 0.25) is 0 Å². The molecule has 0 radical (unpaired) electrons. The Kier molecular flexibility index (Phi) is 3.55. The standard InChI is InChI=1S/C15H15NO5/c1-6(2)8-4-9-11(15(20)21)13(17)7(3)16-12(9)10(5-8)14(18)19/h4-6,17H,1-3H3,(H,18,19)(H,20,21). The molecule has 2 aromatic rings. The normalized spacial score (nSPS) is 11.0. The first-order valence-electron chi connectivity index (χ1n) is 6.37. The number of fused-ring (bicyclic) bond motifs is 1. The first-order chi connectivity index (χ1) is 9.73. The van der Waals surface area contributed by atoms with Crippen LogP contribution in [0.4, 0.5) is 0 Å². The molecule has 110 valence electrons. The fourth-order valence-electron chi connectivity index (χ4n) is 2.21. The molecule has 0 atom stereocenters. The van der Waals surface area contributed by atoms with E-state index in [0.717, 1.165) is 0 Å². The Morgan fingerprint density at radius 2 is 1.76 bits per heavy atom. The van der Waals surface area contributed by atoms with Gasteiger partial charge in [-0.15, -0.1) is 0 Å². The molecule has 1 aromatic carbocycles. The summed E-state index contributed by atoms with van der Waals surface area (Å²) in [6.07, 6.45) is 0. The molecule has 0 aliphatic heterocycles. The van der Waals surface area contributed by atoms with Crippen LogP contribution in [0.5, 0.6) is 5.75 Å². The average Bonchev–Trinajstić information content (AvgIpc) is 2.38. The predicted octanol–water partition coefficient (Wildman–Crippen LogP) is 2.77. The molecular weight excluding hydrogens is 274 g/mol. The van der Waals surface area contributed by atoms with Crippen LogP contribution in [0.25, 0.3) is 10.9 Å². The van der Waals surface area contributed by atoms with Crippen molar-refractivity contribution in [2.45, 2.75) is 26.7 Å². The molecule has 0 fully saturated rings. The lowest BCUT2D eigenvalue weighted by Gasteiger charge is -2.13. The Balaban J connectivity index is 3.04. The highest BCUT2D eigenvalue weighted by atomic mass is 16.4. The van der Waals surface area contributed by atoms with Crippen molar-refractivity contribution in [1.29, 1.82) is 0 Å². The molecule has 1 heterocycles. The van der Waals surface area contributed by atoms with Crippen LogP contribution >= 0.6 is 0 Å². The fraction of sp³-hybridized carbons (Fsp3) is 0.267. The number of hydrogen-bond acceptors (Lipinski definition) is 4. The highest BCUT2D eigenvalue weighted by molar-refractivity contribution is 6.11. The second-order valence-electron chi connectivity index (χ2n) is 5.15. The molecule has 0 amide bonds. The number of carbonyl (C=O) groups is 2. The van der Waals surface area contributed by atoms with E-state index in [9.17, 15) is 24.9 Å². The van der Waals surface area contributed by atoms with Crippen molar-refractivity contribution in [1.82, 2.24) is 4.98 Å². The van der Waals surface area contributed by atoms with Crippen LogP contribution in [0.1, 0.15) is 51.7 Å². The van der Waals surface area contributed by atoms with E-state index in [1.54, 1.807) is 6.07 Å².